The lowest BCUT2D eigenvalue weighted by Gasteiger charge is -2.29. The van der Waals surface area contributed by atoms with E-state index in [1.807, 2.05) is 0 Å². The fourth-order valence-electron chi connectivity index (χ4n) is 2.01. The van der Waals surface area contributed by atoms with Crippen molar-refractivity contribution in [1.82, 2.24) is 4.90 Å². The summed E-state index contributed by atoms with van der Waals surface area (Å²) in [4.78, 5) is 14.5. The molecule has 0 aromatic heterocycles. The number of carbonyl (C=O) groups excluding carboxylic acids is 1. The Hall–Kier alpha value is -0.920. The fraction of sp³-hybridized carbons (Fsp3) is 0.462. The number of hydrogen-bond donors (Lipinski definition) is 1. The van der Waals surface area contributed by atoms with Crippen LogP contribution in [0.1, 0.15) is 6.92 Å². The quantitative estimate of drug-likeness (QED) is 0.826. The zero-order chi connectivity index (χ0) is 14.7. The van der Waals surface area contributed by atoms with Crippen LogP contribution in [-0.2, 0) is 20.3 Å². The second kappa shape index (κ2) is 6.69. The van der Waals surface area contributed by atoms with Crippen molar-refractivity contribution in [3.05, 3.63) is 22.7 Å². The number of amides is 1. The fourth-order valence-corrected chi connectivity index (χ4v) is 3.77. The molecule has 1 aromatic rings. The van der Waals surface area contributed by atoms with Crippen LogP contribution in [0.25, 0.3) is 0 Å². The number of morpholine rings is 1. The lowest BCUT2D eigenvalue weighted by atomic mass is 10.3. The van der Waals surface area contributed by atoms with Crippen molar-refractivity contribution in [2.45, 2.75) is 17.1 Å². The highest BCUT2D eigenvalue weighted by atomic mass is 79.9. The van der Waals surface area contributed by atoms with E-state index >= 15 is 0 Å². The number of nitrogens with two attached hydrogens (primary N) is 1. The van der Waals surface area contributed by atoms with Crippen LogP contribution in [0, 0.1) is 0 Å². The van der Waals surface area contributed by atoms with Crippen LogP contribution in [-0.4, -0.2) is 46.6 Å². The first-order chi connectivity index (χ1) is 9.50. The average molecular weight is 361 g/mol. The van der Waals surface area contributed by atoms with E-state index < -0.39 is 16.0 Å². The first-order valence-corrected chi connectivity index (χ1v) is 8.33. The molecule has 2 atom stereocenters. The predicted molar refractivity (Wildman–Crippen MR) is 81.8 cm³/mol. The molecular formula is C13H17BrN2O3S. The molecule has 1 aliphatic heterocycles. The van der Waals surface area contributed by atoms with E-state index in [1.54, 1.807) is 30.0 Å². The van der Waals surface area contributed by atoms with E-state index in [0.717, 1.165) is 4.47 Å². The third kappa shape index (κ3) is 3.39. The number of carbonyl (C=O) groups is 1. The minimum Gasteiger partial charge on any atom is -0.398 e. The van der Waals surface area contributed by atoms with Crippen molar-refractivity contribution in [3.8, 4) is 0 Å². The topological polar surface area (TPSA) is 72.6 Å². The molecule has 1 aromatic carbocycles. The first-order valence-electron chi connectivity index (χ1n) is 6.33. The first kappa shape index (κ1) is 15.5. The maximum atomic E-state index is 12.5. The van der Waals surface area contributed by atoms with Gasteiger partial charge < -0.3 is 15.4 Å². The molecule has 0 aliphatic carbocycles. The Labute approximate surface area is 129 Å². The molecule has 1 saturated heterocycles. The van der Waals surface area contributed by atoms with Crippen molar-refractivity contribution in [1.29, 1.82) is 0 Å². The van der Waals surface area contributed by atoms with Gasteiger partial charge in [-0.3, -0.25) is 9.00 Å². The zero-order valence-corrected chi connectivity index (χ0v) is 13.6. The van der Waals surface area contributed by atoms with Gasteiger partial charge in [-0.1, -0.05) is 15.9 Å². The third-order valence-corrected chi connectivity index (χ3v) is 5.31. The summed E-state index contributed by atoms with van der Waals surface area (Å²) >= 11 is 3.33. The van der Waals surface area contributed by atoms with Crippen molar-refractivity contribution in [3.63, 3.8) is 0 Å². The summed E-state index contributed by atoms with van der Waals surface area (Å²) in [5.41, 5.74) is 6.29. The van der Waals surface area contributed by atoms with Gasteiger partial charge >= 0.3 is 0 Å². The minimum absolute atomic E-state index is 0.119. The number of nitrogens with zero attached hydrogens (tertiary/aromatic N) is 1. The summed E-state index contributed by atoms with van der Waals surface area (Å²) in [5.74, 6) is -0.119. The molecule has 20 heavy (non-hydrogen) atoms. The predicted octanol–water partition coefficient (Wildman–Crippen LogP) is 1.39. The number of benzene rings is 1. The summed E-state index contributed by atoms with van der Waals surface area (Å²) in [7, 11) is -1.47. The summed E-state index contributed by atoms with van der Waals surface area (Å²) in [6.45, 7) is 3.84. The molecule has 0 spiro atoms. The Kier molecular flexibility index (Phi) is 5.17. The highest BCUT2D eigenvalue weighted by molar-refractivity contribution is 9.10. The van der Waals surface area contributed by atoms with Gasteiger partial charge in [-0.2, -0.15) is 0 Å². The van der Waals surface area contributed by atoms with E-state index in [4.69, 9.17) is 10.5 Å². The summed E-state index contributed by atoms with van der Waals surface area (Å²) < 4.78 is 18.5. The Morgan fingerprint density at radius 1 is 1.45 bits per heavy atom. The Bertz CT molecular complexity index is 532. The van der Waals surface area contributed by atoms with E-state index in [2.05, 4.69) is 15.9 Å². The molecule has 0 saturated carbocycles. The monoisotopic (exact) mass is 360 g/mol. The Morgan fingerprint density at radius 2 is 2.10 bits per heavy atom. The number of halogens is 1. The maximum Gasteiger partial charge on any atom is 0.238 e. The van der Waals surface area contributed by atoms with Crippen LogP contribution in [0.2, 0.25) is 0 Å². The van der Waals surface area contributed by atoms with E-state index in [-0.39, 0.29) is 5.91 Å². The number of ether oxygens (including phenoxy) is 1. The molecule has 2 unspecified atom stereocenters. The van der Waals surface area contributed by atoms with Crippen LogP contribution < -0.4 is 5.73 Å². The van der Waals surface area contributed by atoms with Crippen molar-refractivity contribution < 1.29 is 13.7 Å². The van der Waals surface area contributed by atoms with Gasteiger partial charge in [-0.15, -0.1) is 0 Å². The Morgan fingerprint density at radius 3 is 2.75 bits per heavy atom. The molecule has 0 bridgehead atoms. The molecule has 1 amide bonds. The third-order valence-electron chi connectivity index (χ3n) is 3.18. The van der Waals surface area contributed by atoms with Gasteiger partial charge in [-0.25, -0.2) is 0 Å². The van der Waals surface area contributed by atoms with Crippen molar-refractivity contribution in [2.75, 3.05) is 32.0 Å². The number of hydrogen-bond acceptors (Lipinski definition) is 4. The largest absolute Gasteiger partial charge is 0.398 e. The molecule has 5 nitrogen and oxygen atoms in total. The summed E-state index contributed by atoms with van der Waals surface area (Å²) in [6, 6.07) is 5.17. The molecule has 1 fully saturated rings. The second-order valence-corrected chi connectivity index (χ2v) is 7.22. The van der Waals surface area contributed by atoms with Gasteiger partial charge in [0.15, 0.2) is 0 Å². The molecule has 0 radical (unpaired) electrons. The Balaban J connectivity index is 2.15. The highest BCUT2D eigenvalue weighted by Crippen LogP contribution is 2.24. The number of nitrogen functional groups attached to an aromatic ring is 1. The molecule has 7 heteroatoms. The van der Waals surface area contributed by atoms with Crippen LogP contribution in [0.3, 0.4) is 0 Å². The molecule has 1 heterocycles. The van der Waals surface area contributed by atoms with Crippen molar-refractivity contribution in [2.24, 2.45) is 0 Å². The van der Waals surface area contributed by atoms with Crippen LogP contribution in [0.5, 0.6) is 0 Å². The molecule has 2 N–H and O–H groups in total. The van der Waals surface area contributed by atoms with Gasteiger partial charge in [0.05, 0.1) is 28.9 Å². The normalized spacial score (nSPS) is 18.6. The summed E-state index contributed by atoms with van der Waals surface area (Å²) in [5, 5.41) is -0.621. The van der Waals surface area contributed by atoms with E-state index in [0.29, 0.717) is 36.9 Å². The molecule has 2 rings (SSSR count). The average Bonchev–Trinajstić information content (AvgIpc) is 2.48. The lowest BCUT2D eigenvalue weighted by Crippen LogP contribution is -2.46. The van der Waals surface area contributed by atoms with Gasteiger partial charge in [0.25, 0.3) is 0 Å². The van der Waals surface area contributed by atoms with Crippen molar-refractivity contribution >= 4 is 38.3 Å². The van der Waals surface area contributed by atoms with Gasteiger partial charge in [-0.05, 0) is 25.1 Å². The highest BCUT2D eigenvalue weighted by Gasteiger charge is 2.28. The van der Waals surface area contributed by atoms with Crippen LogP contribution >= 0.6 is 15.9 Å². The van der Waals surface area contributed by atoms with Gasteiger partial charge in [0, 0.05) is 23.2 Å². The van der Waals surface area contributed by atoms with E-state index in [1.165, 1.54) is 0 Å². The SMILES string of the molecule is CC(C(=O)N1CCOCC1)S(=O)c1cc(Br)ccc1N. The van der Waals surface area contributed by atoms with Gasteiger partial charge in [0.1, 0.15) is 5.25 Å². The zero-order valence-electron chi connectivity index (χ0n) is 11.2. The van der Waals surface area contributed by atoms with Crippen LogP contribution in [0.4, 0.5) is 5.69 Å². The second-order valence-electron chi connectivity index (χ2n) is 4.56. The summed E-state index contributed by atoms with van der Waals surface area (Å²) in [6.07, 6.45) is 0. The van der Waals surface area contributed by atoms with Gasteiger partial charge in [0.2, 0.25) is 5.91 Å². The smallest absolute Gasteiger partial charge is 0.238 e. The number of rotatable bonds is 3. The van der Waals surface area contributed by atoms with E-state index in [9.17, 15) is 9.00 Å². The lowest BCUT2D eigenvalue weighted by molar-refractivity contribution is -0.134. The molecule has 110 valence electrons. The van der Waals surface area contributed by atoms with Crippen LogP contribution in [0.15, 0.2) is 27.6 Å². The molecular weight excluding hydrogens is 344 g/mol. The molecule has 1 aliphatic rings. The number of anilines is 1. The standard InChI is InChI=1S/C13H17BrN2O3S/c1-9(13(17)16-4-6-19-7-5-16)20(18)12-8-10(14)2-3-11(12)15/h2-3,8-9H,4-7,15H2,1H3. The minimum atomic E-state index is -1.47. The maximum absolute atomic E-state index is 12.5.